The van der Waals surface area contributed by atoms with Crippen molar-refractivity contribution in [2.24, 2.45) is 0 Å². The van der Waals surface area contributed by atoms with Gasteiger partial charge in [0.2, 0.25) is 0 Å². The molecule has 0 unspecified atom stereocenters. The highest BCUT2D eigenvalue weighted by molar-refractivity contribution is 5.70. The van der Waals surface area contributed by atoms with E-state index >= 15 is 0 Å². The second-order valence-electron chi connectivity index (χ2n) is 3.46. The number of hydrogen-bond donors (Lipinski definition) is 0. The molecule has 0 saturated carbocycles. The van der Waals surface area contributed by atoms with Gasteiger partial charge in [0.05, 0.1) is 12.9 Å². The number of aromatic nitrogens is 3. The first-order valence-electron chi connectivity index (χ1n) is 4.65. The van der Waals surface area contributed by atoms with Crippen molar-refractivity contribution in [2.45, 2.75) is 13.5 Å². The summed E-state index contributed by atoms with van der Waals surface area (Å²) in [5.41, 5.74) is 2.68. The molecule has 4 heteroatoms. The summed E-state index contributed by atoms with van der Waals surface area (Å²) in [4.78, 5) is 18.5. The minimum absolute atomic E-state index is 0.454. The van der Waals surface area contributed by atoms with Crippen molar-refractivity contribution >= 4 is 6.29 Å². The molecule has 0 fully saturated rings. The number of pyridine rings is 1. The molecule has 0 amide bonds. The Hall–Kier alpha value is -1.97. The van der Waals surface area contributed by atoms with Crippen molar-refractivity contribution in [3.05, 3.63) is 47.8 Å². The number of carbonyl (C=O) groups is 1. The Morgan fingerprint density at radius 3 is 3.00 bits per heavy atom. The largest absolute Gasteiger partial charge is 0.332 e. The van der Waals surface area contributed by atoms with Crippen LogP contribution in [0.25, 0.3) is 0 Å². The summed E-state index contributed by atoms with van der Waals surface area (Å²) in [6.07, 6.45) is 7.73. The Labute approximate surface area is 87.6 Å². The molecule has 2 heterocycles. The van der Waals surface area contributed by atoms with Gasteiger partial charge in [-0.3, -0.25) is 9.78 Å². The van der Waals surface area contributed by atoms with Gasteiger partial charge in [-0.1, -0.05) is 6.07 Å². The molecule has 15 heavy (non-hydrogen) atoms. The molecule has 2 aromatic rings. The topological polar surface area (TPSA) is 47.8 Å². The van der Waals surface area contributed by atoms with Crippen LogP contribution < -0.4 is 0 Å². The summed E-state index contributed by atoms with van der Waals surface area (Å²) in [5, 5.41) is 0. The molecule has 0 aliphatic heterocycles. The molecule has 2 aromatic heterocycles. The number of aryl methyl sites for hydroxylation is 1. The first-order valence-corrected chi connectivity index (χ1v) is 4.65. The summed E-state index contributed by atoms with van der Waals surface area (Å²) in [5.74, 6) is 0. The summed E-state index contributed by atoms with van der Waals surface area (Å²) >= 11 is 0. The summed E-state index contributed by atoms with van der Waals surface area (Å²) in [7, 11) is 0. The smallest absolute Gasteiger partial charge is 0.169 e. The Morgan fingerprint density at radius 2 is 2.33 bits per heavy atom. The van der Waals surface area contributed by atoms with Gasteiger partial charge in [-0.05, 0) is 18.1 Å². The Bertz CT molecular complexity index is 476. The lowest BCUT2D eigenvalue weighted by molar-refractivity contribution is 0.111. The lowest BCUT2D eigenvalue weighted by atomic mass is 10.2. The predicted octanol–water partition coefficient (Wildman–Crippen LogP) is 1.45. The number of imidazole rings is 1. The van der Waals surface area contributed by atoms with Crippen molar-refractivity contribution in [3.8, 4) is 0 Å². The molecule has 0 atom stereocenters. The van der Waals surface area contributed by atoms with Crippen LogP contribution in [0.2, 0.25) is 0 Å². The first kappa shape index (κ1) is 9.58. The fraction of sp³-hybridized carbons (Fsp3) is 0.182. The van der Waals surface area contributed by atoms with Crippen LogP contribution in [-0.4, -0.2) is 20.8 Å². The molecular weight excluding hydrogens is 190 g/mol. The fourth-order valence-electron chi connectivity index (χ4n) is 1.44. The zero-order valence-corrected chi connectivity index (χ0v) is 8.42. The average Bonchev–Trinajstić information content (AvgIpc) is 2.65. The maximum absolute atomic E-state index is 10.4. The van der Waals surface area contributed by atoms with Gasteiger partial charge in [0, 0.05) is 18.6 Å². The molecule has 4 nitrogen and oxygen atoms in total. The van der Waals surface area contributed by atoms with E-state index in [1.807, 2.05) is 23.9 Å². The standard InChI is InChI=1S/C11H11N3O/c1-9-2-10(4-12-3-9)5-14-6-11(7-15)13-8-14/h2-4,6-8H,5H2,1H3. The summed E-state index contributed by atoms with van der Waals surface area (Å²) in [6, 6.07) is 2.06. The van der Waals surface area contributed by atoms with E-state index in [9.17, 15) is 4.79 Å². The predicted molar refractivity (Wildman–Crippen MR) is 55.7 cm³/mol. The molecule has 0 N–H and O–H groups in total. The van der Waals surface area contributed by atoms with E-state index in [0.29, 0.717) is 12.2 Å². The van der Waals surface area contributed by atoms with Gasteiger partial charge in [0.15, 0.2) is 6.29 Å². The minimum Gasteiger partial charge on any atom is -0.332 e. The van der Waals surface area contributed by atoms with E-state index in [0.717, 1.165) is 17.4 Å². The zero-order valence-electron chi connectivity index (χ0n) is 8.42. The monoisotopic (exact) mass is 201 g/mol. The SMILES string of the molecule is Cc1cncc(Cn2cnc(C=O)c2)c1. The van der Waals surface area contributed by atoms with E-state index in [1.165, 1.54) is 0 Å². The van der Waals surface area contributed by atoms with E-state index in [-0.39, 0.29) is 0 Å². The van der Waals surface area contributed by atoms with Crippen LogP contribution in [0.1, 0.15) is 21.6 Å². The van der Waals surface area contributed by atoms with Crippen LogP contribution in [0.3, 0.4) is 0 Å². The van der Waals surface area contributed by atoms with Gasteiger partial charge < -0.3 is 4.57 Å². The molecule has 76 valence electrons. The van der Waals surface area contributed by atoms with Crippen molar-refractivity contribution in [2.75, 3.05) is 0 Å². The van der Waals surface area contributed by atoms with E-state index in [2.05, 4.69) is 16.0 Å². The number of nitrogens with zero attached hydrogens (tertiary/aromatic N) is 3. The number of rotatable bonds is 3. The van der Waals surface area contributed by atoms with Gasteiger partial charge in [0.1, 0.15) is 5.69 Å². The molecule has 2 rings (SSSR count). The Morgan fingerprint density at radius 1 is 1.47 bits per heavy atom. The highest BCUT2D eigenvalue weighted by Crippen LogP contribution is 2.04. The van der Waals surface area contributed by atoms with Gasteiger partial charge >= 0.3 is 0 Å². The van der Waals surface area contributed by atoms with Crippen LogP contribution in [0.4, 0.5) is 0 Å². The first-order chi connectivity index (χ1) is 7.28. The van der Waals surface area contributed by atoms with Crippen molar-refractivity contribution < 1.29 is 4.79 Å². The quantitative estimate of drug-likeness (QED) is 0.706. The van der Waals surface area contributed by atoms with Crippen LogP contribution in [0, 0.1) is 6.92 Å². The zero-order chi connectivity index (χ0) is 10.7. The highest BCUT2D eigenvalue weighted by atomic mass is 16.1. The van der Waals surface area contributed by atoms with Gasteiger partial charge in [-0.2, -0.15) is 0 Å². The van der Waals surface area contributed by atoms with Crippen LogP contribution >= 0.6 is 0 Å². The van der Waals surface area contributed by atoms with Crippen molar-refractivity contribution in [3.63, 3.8) is 0 Å². The molecule has 0 aliphatic carbocycles. The molecule has 0 aromatic carbocycles. The van der Waals surface area contributed by atoms with E-state index in [1.54, 1.807) is 12.5 Å². The Kier molecular flexibility index (Phi) is 2.58. The molecule has 0 saturated heterocycles. The number of aldehydes is 1. The lowest BCUT2D eigenvalue weighted by Crippen LogP contribution is -1.97. The van der Waals surface area contributed by atoms with Crippen LogP contribution in [0.5, 0.6) is 0 Å². The van der Waals surface area contributed by atoms with Gasteiger partial charge in [0.25, 0.3) is 0 Å². The fourth-order valence-corrected chi connectivity index (χ4v) is 1.44. The molecule has 0 radical (unpaired) electrons. The van der Waals surface area contributed by atoms with Crippen LogP contribution in [0.15, 0.2) is 31.0 Å². The van der Waals surface area contributed by atoms with Gasteiger partial charge in [-0.15, -0.1) is 0 Å². The highest BCUT2D eigenvalue weighted by Gasteiger charge is 1.98. The maximum atomic E-state index is 10.4. The second kappa shape index (κ2) is 4.04. The van der Waals surface area contributed by atoms with Crippen LogP contribution in [-0.2, 0) is 6.54 Å². The molecular formula is C11H11N3O. The molecule has 0 spiro atoms. The maximum Gasteiger partial charge on any atom is 0.169 e. The third kappa shape index (κ3) is 2.28. The number of hydrogen-bond acceptors (Lipinski definition) is 3. The Balaban J connectivity index is 2.18. The minimum atomic E-state index is 0.454. The van der Waals surface area contributed by atoms with Crippen molar-refractivity contribution in [1.29, 1.82) is 0 Å². The second-order valence-corrected chi connectivity index (χ2v) is 3.46. The lowest BCUT2D eigenvalue weighted by Gasteiger charge is -2.02. The molecule has 0 bridgehead atoms. The van der Waals surface area contributed by atoms with Gasteiger partial charge in [-0.25, -0.2) is 4.98 Å². The average molecular weight is 201 g/mol. The summed E-state index contributed by atoms with van der Waals surface area (Å²) in [6.45, 7) is 2.69. The third-order valence-electron chi connectivity index (χ3n) is 2.07. The molecule has 0 aliphatic rings. The van der Waals surface area contributed by atoms with E-state index < -0.39 is 0 Å². The van der Waals surface area contributed by atoms with Crippen molar-refractivity contribution in [1.82, 2.24) is 14.5 Å². The number of carbonyl (C=O) groups excluding carboxylic acids is 1. The normalized spacial score (nSPS) is 10.2. The summed E-state index contributed by atoms with van der Waals surface area (Å²) < 4.78 is 1.86. The third-order valence-corrected chi connectivity index (χ3v) is 2.07. The van der Waals surface area contributed by atoms with E-state index in [4.69, 9.17) is 0 Å².